The van der Waals surface area contributed by atoms with Crippen molar-refractivity contribution < 1.29 is 4.79 Å². The van der Waals surface area contributed by atoms with Gasteiger partial charge in [0.05, 0.1) is 16.9 Å². The lowest BCUT2D eigenvalue weighted by Crippen LogP contribution is -2.37. The Morgan fingerprint density at radius 3 is 3.00 bits per heavy atom. The Labute approximate surface area is 145 Å². The Morgan fingerprint density at radius 1 is 1.38 bits per heavy atom. The van der Waals surface area contributed by atoms with Crippen molar-refractivity contribution in [2.24, 2.45) is 0 Å². The van der Waals surface area contributed by atoms with Gasteiger partial charge in [0.25, 0.3) is 0 Å². The number of nitrogens with zero attached hydrogens (tertiary/aromatic N) is 2. The molecule has 1 aliphatic rings. The van der Waals surface area contributed by atoms with E-state index < -0.39 is 0 Å². The Hall–Kier alpha value is -2.59. The van der Waals surface area contributed by atoms with Gasteiger partial charge >= 0.3 is 0 Å². The van der Waals surface area contributed by atoms with E-state index in [-0.39, 0.29) is 11.9 Å². The van der Waals surface area contributed by atoms with Gasteiger partial charge < -0.3 is 16.0 Å². The first-order valence-electron chi connectivity index (χ1n) is 7.94. The van der Waals surface area contributed by atoms with Crippen LogP contribution in [0.4, 0.5) is 16.4 Å². The van der Waals surface area contributed by atoms with E-state index >= 15 is 0 Å². The maximum atomic E-state index is 12.1. The van der Waals surface area contributed by atoms with Gasteiger partial charge in [-0.05, 0) is 62.0 Å². The molecule has 0 bridgehead atoms. The number of carbonyl (C=O) groups is 1. The molecule has 124 valence electrons. The van der Waals surface area contributed by atoms with E-state index in [1.54, 1.807) is 6.07 Å². The van der Waals surface area contributed by atoms with Crippen LogP contribution in [0.3, 0.4) is 0 Å². The van der Waals surface area contributed by atoms with Gasteiger partial charge in [0.1, 0.15) is 17.1 Å². The topological polar surface area (TPSA) is 89.8 Å². The average Bonchev–Trinajstić information content (AvgIpc) is 2.87. The van der Waals surface area contributed by atoms with E-state index in [9.17, 15) is 10.1 Å². The van der Waals surface area contributed by atoms with Gasteiger partial charge in [-0.15, -0.1) is 0 Å². The summed E-state index contributed by atoms with van der Waals surface area (Å²) in [5.74, 6) is 0.0319. The normalized spacial score (nSPS) is 17.5. The molecule has 0 aliphatic carbocycles. The van der Waals surface area contributed by atoms with E-state index in [0.29, 0.717) is 11.3 Å². The molecule has 1 amide bonds. The largest absolute Gasteiger partial charge is 0.374 e. The zero-order chi connectivity index (χ0) is 16.9. The molecule has 1 saturated heterocycles. The second-order valence-corrected chi connectivity index (χ2v) is 6.62. The third-order valence-electron chi connectivity index (χ3n) is 3.90. The molecule has 1 atom stereocenters. The molecule has 0 radical (unpaired) electrons. The van der Waals surface area contributed by atoms with Crippen molar-refractivity contribution in [1.82, 2.24) is 9.69 Å². The van der Waals surface area contributed by atoms with Crippen molar-refractivity contribution in [3.63, 3.8) is 0 Å². The predicted molar refractivity (Wildman–Crippen MR) is 95.6 cm³/mol. The van der Waals surface area contributed by atoms with Gasteiger partial charge in [0, 0.05) is 12.2 Å². The Morgan fingerprint density at radius 2 is 2.25 bits per heavy atom. The number of aryl methyl sites for hydroxylation is 1. The summed E-state index contributed by atoms with van der Waals surface area (Å²) >= 11 is 1.35. The number of nitrogens with one attached hydrogen (secondary N) is 3. The Bertz CT molecular complexity index is 780. The zero-order valence-electron chi connectivity index (χ0n) is 13.4. The van der Waals surface area contributed by atoms with E-state index in [4.69, 9.17) is 0 Å². The summed E-state index contributed by atoms with van der Waals surface area (Å²) < 4.78 is 4.23. The van der Waals surface area contributed by atoms with Gasteiger partial charge in [0.15, 0.2) is 0 Å². The SMILES string of the molecule is Cc1cc(Nc2cc(N[C@H]3CCCCNC3=O)ccc2C#N)sn1. The summed E-state index contributed by atoms with van der Waals surface area (Å²) in [6, 6.07) is 9.34. The number of aromatic nitrogens is 1. The molecule has 2 aromatic rings. The molecular weight excluding hydrogens is 322 g/mol. The number of hydrogen-bond donors (Lipinski definition) is 3. The van der Waals surface area contributed by atoms with Crippen LogP contribution in [0.15, 0.2) is 24.3 Å². The summed E-state index contributed by atoms with van der Waals surface area (Å²) in [6.07, 6.45) is 2.83. The summed E-state index contributed by atoms with van der Waals surface area (Å²) in [5.41, 5.74) is 3.02. The van der Waals surface area contributed by atoms with Crippen LogP contribution in [-0.2, 0) is 4.79 Å². The fourth-order valence-corrected chi connectivity index (χ4v) is 3.34. The third-order valence-corrected chi connectivity index (χ3v) is 4.70. The number of benzene rings is 1. The lowest BCUT2D eigenvalue weighted by atomic mass is 10.1. The molecule has 24 heavy (non-hydrogen) atoms. The van der Waals surface area contributed by atoms with Crippen LogP contribution < -0.4 is 16.0 Å². The summed E-state index contributed by atoms with van der Waals surface area (Å²) in [4.78, 5) is 12.1. The van der Waals surface area contributed by atoms with Crippen LogP contribution in [0.1, 0.15) is 30.5 Å². The minimum Gasteiger partial charge on any atom is -0.374 e. The molecule has 1 aromatic carbocycles. The highest BCUT2D eigenvalue weighted by Crippen LogP contribution is 2.27. The number of amides is 1. The molecule has 3 N–H and O–H groups in total. The van der Waals surface area contributed by atoms with Gasteiger partial charge in [-0.25, -0.2) is 0 Å². The number of anilines is 3. The van der Waals surface area contributed by atoms with E-state index in [0.717, 1.165) is 42.2 Å². The molecule has 1 fully saturated rings. The minimum absolute atomic E-state index is 0.0319. The van der Waals surface area contributed by atoms with Crippen molar-refractivity contribution in [1.29, 1.82) is 5.26 Å². The lowest BCUT2D eigenvalue weighted by Gasteiger charge is -2.17. The van der Waals surface area contributed by atoms with Crippen molar-refractivity contribution >= 4 is 33.8 Å². The van der Waals surface area contributed by atoms with Gasteiger partial charge in [0.2, 0.25) is 5.91 Å². The monoisotopic (exact) mass is 341 g/mol. The van der Waals surface area contributed by atoms with Crippen LogP contribution in [0, 0.1) is 18.3 Å². The van der Waals surface area contributed by atoms with Crippen LogP contribution >= 0.6 is 11.5 Å². The molecule has 2 heterocycles. The fraction of sp³-hybridized carbons (Fsp3) is 0.353. The van der Waals surface area contributed by atoms with Crippen LogP contribution in [-0.4, -0.2) is 22.9 Å². The van der Waals surface area contributed by atoms with Gasteiger partial charge in [-0.1, -0.05) is 0 Å². The number of hydrogen-bond acceptors (Lipinski definition) is 6. The quantitative estimate of drug-likeness (QED) is 0.795. The number of carbonyl (C=O) groups excluding carboxylic acids is 1. The molecule has 6 nitrogen and oxygen atoms in total. The molecule has 7 heteroatoms. The van der Waals surface area contributed by atoms with Gasteiger partial charge in [-0.2, -0.15) is 9.64 Å². The summed E-state index contributed by atoms with van der Waals surface area (Å²) in [6.45, 7) is 2.66. The first-order valence-corrected chi connectivity index (χ1v) is 8.72. The van der Waals surface area contributed by atoms with Crippen LogP contribution in [0.2, 0.25) is 0 Å². The standard InChI is InChI=1S/C17H19N5OS/c1-11-8-16(24-22-11)21-15-9-13(6-5-12(15)10-18)20-14-4-2-3-7-19-17(14)23/h5-6,8-9,14,20-21H,2-4,7H2,1H3,(H,19,23)/t14-/m0/s1. The van der Waals surface area contributed by atoms with E-state index in [1.807, 2.05) is 25.1 Å². The minimum atomic E-state index is -0.237. The lowest BCUT2D eigenvalue weighted by molar-refractivity contribution is -0.121. The summed E-state index contributed by atoms with van der Waals surface area (Å²) in [7, 11) is 0. The van der Waals surface area contributed by atoms with Crippen molar-refractivity contribution in [3.05, 3.63) is 35.5 Å². The van der Waals surface area contributed by atoms with E-state index in [2.05, 4.69) is 26.4 Å². The van der Waals surface area contributed by atoms with E-state index in [1.165, 1.54) is 11.5 Å². The number of nitriles is 1. The highest BCUT2D eigenvalue weighted by molar-refractivity contribution is 7.10. The third kappa shape index (κ3) is 3.84. The molecule has 0 unspecified atom stereocenters. The predicted octanol–water partition coefficient (Wildman–Crippen LogP) is 3.15. The molecule has 1 aromatic heterocycles. The first-order chi connectivity index (χ1) is 11.7. The molecule has 1 aliphatic heterocycles. The second kappa shape index (κ2) is 7.32. The van der Waals surface area contributed by atoms with Crippen molar-refractivity contribution in [3.8, 4) is 6.07 Å². The van der Waals surface area contributed by atoms with Crippen molar-refractivity contribution in [2.45, 2.75) is 32.2 Å². The highest BCUT2D eigenvalue weighted by atomic mass is 32.1. The average molecular weight is 341 g/mol. The fourth-order valence-electron chi connectivity index (χ4n) is 2.67. The summed E-state index contributed by atoms with van der Waals surface area (Å²) in [5, 5.41) is 19.6. The second-order valence-electron chi connectivity index (χ2n) is 5.81. The molecule has 3 rings (SSSR count). The smallest absolute Gasteiger partial charge is 0.242 e. The zero-order valence-corrected chi connectivity index (χ0v) is 14.2. The molecular formula is C17H19N5OS. The first kappa shape index (κ1) is 16.3. The van der Waals surface area contributed by atoms with Crippen LogP contribution in [0.25, 0.3) is 0 Å². The molecule has 0 saturated carbocycles. The number of rotatable bonds is 4. The highest BCUT2D eigenvalue weighted by Gasteiger charge is 2.20. The maximum Gasteiger partial charge on any atom is 0.242 e. The van der Waals surface area contributed by atoms with Crippen molar-refractivity contribution in [2.75, 3.05) is 17.2 Å². The Kier molecular flexibility index (Phi) is 4.96. The Balaban J connectivity index is 1.80. The molecule has 0 spiro atoms. The van der Waals surface area contributed by atoms with Crippen LogP contribution in [0.5, 0.6) is 0 Å². The maximum absolute atomic E-state index is 12.1. The van der Waals surface area contributed by atoms with Gasteiger partial charge in [-0.3, -0.25) is 4.79 Å².